The summed E-state index contributed by atoms with van der Waals surface area (Å²) in [5.74, 6) is -1.75. The summed E-state index contributed by atoms with van der Waals surface area (Å²) in [5, 5.41) is -0.251. The third-order valence-corrected chi connectivity index (χ3v) is 8.41. The highest BCUT2D eigenvalue weighted by Crippen LogP contribution is 2.27. The molecule has 2 heterocycles. The molecule has 0 radical (unpaired) electrons. The van der Waals surface area contributed by atoms with Gasteiger partial charge in [0.05, 0.1) is 9.92 Å². The van der Waals surface area contributed by atoms with Gasteiger partial charge in [-0.15, -0.1) is 0 Å². The third kappa shape index (κ3) is 4.90. The molecule has 2 aliphatic heterocycles. The van der Waals surface area contributed by atoms with Gasteiger partial charge < -0.3 is 9.80 Å². The Labute approximate surface area is 197 Å². The Kier molecular flexibility index (Phi) is 6.74. The van der Waals surface area contributed by atoms with Gasteiger partial charge in [0, 0.05) is 38.8 Å². The zero-order valence-corrected chi connectivity index (χ0v) is 19.8. The molecule has 2 amide bonds. The third-order valence-electron chi connectivity index (χ3n) is 6.23. The predicted octanol–water partition coefficient (Wildman–Crippen LogP) is 2.81. The van der Waals surface area contributed by atoms with Crippen LogP contribution >= 0.6 is 11.6 Å². The number of halogens is 2. The quantitative estimate of drug-likeness (QED) is 0.600. The standard InChI is InChI=1S/C23H25ClFN3O4S/c1-16-2-4-17(5-3-16)15-26-12-13-28(23(30)22(26)29)18-8-10-27(11-9-18)33(31,32)19-6-7-21(25)20(24)14-19/h2-7,14,18H,8-13,15H2,1H3. The average molecular weight is 494 g/mol. The van der Waals surface area contributed by atoms with E-state index < -0.39 is 27.7 Å². The van der Waals surface area contributed by atoms with E-state index in [1.807, 2.05) is 31.2 Å². The number of piperazine rings is 1. The summed E-state index contributed by atoms with van der Waals surface area (Å²) in [6.45, 7) is 3.63. The molecule has 2 fully saturated rings. The Morgan fingerprint density at radius 2 is 1.64 bits per heavy atom. The van der Waals surface area contributed by atoms with E-state index in [0.717, 1.165) is 23.3 Å². The van der Waals surface area contributed by atoms with Crippen LogP contribution in [0.2, 0.25) is 5.02 Å². The lowest BCUT2D eigenvalue weighted by molar-refractivity contribution is -0.158. The zero-order valence-electron chi connectivity index (χ0n) is 18.2. The van der Waals surface area contributed by atoms with Gasteiger partial charge in [0.25, 0.3) is 0 Å². The fourth-order valence-electron chi connectivity index (χ4n) is 4.28. The summed E-state index contributed by atoms with van der Waals surface area (Å²) >= 11 is 5.74. The maximum Gasteiger partial charge on any atom is 0.312 e. The summed E-state index contributed by atoms with van der Waals surface area (Å²) in [6, 6.07) is 11.0. The molecule has 0 atom stereocenters. The second-order valence-electron chi connectivity index (χ2n) is 8.42. The van der Waals surface area contributed by atoms with E-state index in [4.69, 9.17) is 11.6 Å². The van der Waals surface area contributed by atoms with E-state index in [0.29, 0.717) is 32.5 Å². The highest BCUT2D eigenvalue weighted by atomic mass is 35.5. The minimum Gasteiger partial charge on any atom is -0.330 e. The lowest BCUT2D eigenvalue weighted by atomic mass is 10.0. The van der Waals surface area contributed by atoms with Crippen molar-refractivity contribution in [3.8, 4) is 0 Å². The van der Waals surface area contributed by atoms with Crippen LogP contribution < -0.4 is 0 Å². The molecule has 0 saturated carbocycles. The van der Waals surface area contributed by atoms with Crippen LogP contribution in [0.4, 0.5) is 4.39 Å². The van der Waals surface area contributed by atoms with Crippen LogP contribution in [0.25, 0.3) is 0 Å². The van der Waals surface area contributed by atoms with Gasteiger partial charge in [-0.05, 0) is 43.5 Å². The van der Waals surface area contributed by atoms with Crippen LogP contribution in [0.5, 0.6) is 0 Å². The van der Waals surface area contributed by atoms with Crippen molar-refractivity contribution in [3.05, 3.63) is 64.4 Å². The van der Waals surface area contributed by atoms with Gasteiger partial charge in [-0.1, -0.05) is 41.4 Å². The number of benzene rings is 2. The molecule has 33 heavy (non-hydrogen) atoms. The number of rotatable bonds is 5. The Hall–Kier alpha value is -2.49. The molecule has 176 valence electrons. The van der Waals surface area contributed by atoms with E-state index in [-0.39, 0.29) is 29.0 Å². The molecule has 2 aromatic carbocycles. The van der Waals surface area contributed by atoms with Crippen molar-refractivity contribution >= 4 is 33.4 Å². The van der Waals surface area contributed by atoms with Crippen LogP contribution in [-0.2, 0) is 26.2 Å². The lowest BCUT2D eigenvalue weighted by Gasteiger charge is -2.41. The van der Waals surface area contributed by atoms with Gasteiger partial charge in [0.2, 0.25) is 10.0 Å². The summed E-state index contributed by atoms with van der Waals surface area (Å²) < 4.78 is 40.5. The second kappa shape index (κ2) is 9.40. The first-order valence-corrected chi connectivity index (χ1v) is 12.6. The minimum absolute atomic E-state index is 0.0664. The molecule has 2 aliphatic rings. The lowest BCUT2D eigenvalue weighted by Crippen LogP contribution is -2.58. The molecule has 10 heteroatoms. The maximum atomic E-state index is 13.4. The van der Waals surface area contributed by atoms with E-state index in [2.05, 4.69) is 0 Å². The van der Waals surface area contributed by atoms with Crippen molar-refractivity contribution in [1.82, 2.24) is 14.1 Å². The molecule has 0 N–H and O–H groups in total. The van der Waals surface area contributed by atoms with Gasteiger partial charge in [0.15, 0.2) is 0 Å². The Morgan fingerprint density at radius 3 is 2.27 bits per heavy atom. The maximum absolute atomic E-state index is 13.4. The molecule has 0 bridgehead atoms. The summed E-state index contributed by atoms with van der Waals surface area (Å²) in [5.41, 5.74) is 2.09. The molecule has 0 unspecified atom stereocenters. The zero-order chi connectivity index (χ0) is 23.8. The fourth-order valence-corrected chi connectivity index (χ4v) is 6.03. The van der Waals surface area contributed by atoms with Gasteiger partial charge in [-0.25, -0.2) is 12.8 Å². The molecular formula is C23H25ClFN3O4S. The van der Waals surface area contributed by atoms with Gasteiger partial charge in [-0.2, -0.15) is 4.31 Å². The van der Waals surface area contributed by atoms with Crippen LogP contribution in [0.1, 0.15) is 24.0 Å². The molecule has 0 aliphatic carbocycles. The van der Waals surface area contributed by atoms with Crippen molar-refractivity contribution in [3.63, 3.8) is 0 Å². The Balaban J connectivity index is 1.37. The van der Waals surface area contributed by atoms with E-state index in [9.17, 15) is 22.4 Å². The van der Waals surface area contributed by atoms with Crippen molar-refractivity contribution in [2.75, 3.05) is 26.2 Å². The van der Waals surface area contributed by atoms with Crippen molar-refractivity contribution in [2.24, 2.45) is 0 Å². The normalized spacial score (nSPS) is 18.8. The molecule has 0 aromatic heterocycles. The van der Waals surface area contributed by atoms with Crippen LogP contribution in [0.15, 0.2) is 47.4 Å². The number of carbonyl (C=O) groups excluding carboxylic acids is 2. The first-order valence-electron chi connectivity index (χ1n) is 10.8. The van der Waals surface area contributed by atoms with Crippen molar-refractivity contribution in [1.29, 1.82) is 0 Å². The first-order chi connectivity index (χ1) is 15.7. The molecule has 2 saturated heterocycles. The number of hydrogen-bond donors (Lipinski definition) is 0. The van der Waals surface area contributed by atoms with Crippen LogP contribution in [0.3, 0.4) is 0 Å². The van der Waals surface area contributed by atoms with Crippen LogP contribution in [0, 0.1) is 12.7 Å². The molecule has 2 aromatic rings. The molecule has 7 nitrogen and oxygen atoms in total. The van der Waals surface area contributed by atoms with Crippen LogP contribution in [-0.4, -0.2) is 66.6 Å². The molecule has 0 spiro atoms. The van der Waals surface area contributed by atoms with Gasteiger partial charge in [-0.3, -0.25) is 9.59 Å². The van der Waals surface area contributed by atoms with Crippen molar-refractivity contribution < 1.29 is 22.4 Å². The van der Waals surface area contributed by atoms with Gasteiger partial charge in [0.1, 0.15) is 5.82 Å². The number of aryl methyl sites for hydroxylation is 1. The molecular weight excluding hydrogens is 469 g/mol. The highest BCUT2D eigenvalue weighted by molar-refractivity contribution is 7.89. The van der Waals surface area contributed by atoms with Gasteiger partial charge >= 0.3 is 11.8 Å². The summed E-state index contributed by atoms with van der Waals surface area (Å²) in [4.78, 5) is 28.6. The number of sulfonamides is 1. The monoisotopic (exact) mass is 493 g/mol. The van der Waals surface area contributed by atoms with E-state index >= 15 is 0 Å². The first kappa shape index (κ1) is 23.7. The largest absolute Gasteiger partial charge is 0.330 e. The summed E-state index contributed by atoms with van der Waals surface area (Å²) in [6.07, 6.45) is 0.844. The minimum atomic E-state index is -3.82. The van der Waals surface area contributed by atoms with E-state index in [1.54, 1.807) is 9.80 Å². The number of amides is 2. The Morgan fingerprint density at radius 1 is 0.970 bits per heavy atom. The molecule has 4 rings (SSSR count). The average Bonchev–Trinajstić information content (AvgIpc) is 2.80. The highest BCUT2D eigenvalue weighted by Gasteiger charge is 2.39. The second-order valence-corrected chi connectivity index (χ2v) is 10.8. The number of carbonyl (C=O) groups is 2. The van der Waals surface area contributed by atoms with Crippen molar-refractivity contribution in [2.45, 2.75) is 37.2 Å². The number of hydrogen-bond acceptors (Lipinski definition) is 4. The smallest absolute Gasteiger partial charge is 0.312 e. The topological polar surface area (TPSA) is 78.0 Å². The predicted molar refractivity (Wildman–Crippen MR) is 121 cm³/mol. The number of piperidine rings is 1. The Bertz CT molecular complexity index is 1160. The summed E-state index contributed by atoms with van der Waals surface area (Å²) in [7, 11) is -3.82. The fraction of sp³-hybridized carbons (Fsp3) is 0.391. The van der Waals surface area contributed by atoms with E-state index in [1.165, 1.54) is 10.4 Å². The number of nitrogens with zero attached hydrogens (tertiary/aromatic N) is 3. The SMILES string of the molecule is Cc1ccc(CN2CCN(C3CCN(S(=O)(=O)c4ccc(F)c(Cl)c4)CC3)C(=O)C2=O)cc1.